The van der Waals surface area contributed by atoms with Gasteiger partial charge in [-0.1, -0.05) is 29.8 Å². The summed E-state index contributed by atoms with van der Waals surface area (Å²) < 4.78 is 39.7. The zero-order chi connectivity index (χ0) is 20.6. The molecule has 1 fully saturated rings. The topological polar surface area (TPSA) is 55.8 Å². The van der Waals surface area contributed by atoms with Crippen molar-refractivity contribution >= 4 is 17.1 Å². The van der Waals surface area contributed by atoms with Crippen LogP contribution in [0.25, 0.3) is 0 Å². The molecule has 0 radical (unpaired) electrons. The largest absolute Gasteiger partial charge is 0.491 e. The number of hydrogen-bond donors (Lipinski definition) is 0. The molecule has 5 nitrogen and oxygen atoms in total. The van der Waals surface area contributed by atoms with Crippen LogP contribution in [0.3, 0.4) is 0 Å². The van der Waals surface area contributed by atoms with E-state index < -0.39 is 28.3 Å². The summed E-state index contributed by atoms with van der Waals surface area (Å²) in [6, 6.07) is 6.81. The predicted octanol–water partition coefficient (Wildman–Crippen LogP) is 3.75. The van der Waals surface area contributed by atoms with Crippen LogP contribution in [0.1, 0.15) is 40.2 Å². The smallest absolute Gasteiger partial charge is 0.400 e. The highest BCUT2D eigenvalue weighted by atomic mass is 32.2. The van der Waals surface area contributed by atoms with Gasteiger partial charge in [-0.3, -0.25) is 0 Å². The lowest BCUT2D eigenvalue weighted by molar-refractivity contribution is 0.00578. The average molecular weight is 391 g/mol. The van der Waals surface area contributed by atoms with Crippen molar-refractivity contribution in [3.63, 3.8) is 0 Å². The first-order valence-corrected chi connectivity index (χ1v) is 10.4. The molecule has 0 spiro atoms. The minimum absolute atomic E-state index is 0.0971. The van der Waals surface area contributed by atoms with Gasteiger partial charge in [0.05, 0.1) is 16.1 Å². The Balaban J connectivity index is 2.26. The molecule has 148 valence electrons. The van der Waals surface area contributed by atoms with Crippen LogP contribution in [-0.2, 0) is 19.3 Å². The quantitative estimate of drug-likeness (QED) is 0.525. The number of hydrogen-bond acceptors (Lipinski definition) is 4. The van der Waals surface area contributed by atoms with E-state index in [4.69, 9.17) is 9.31 Å². The predicted molar refractivity (Wildman–Crippen MR) is 110 cm³/mol. The van der Waals surface area contributed by atoms with Crippen LogP contribution < -0.4 is 0 Å². The summed E-state index contributed by atoms with van der Waals surface area (Å²) in [5, 5.41) is 0. The molecule has 1 saturated heterocycles. The van der Waals surface area contributed by atoms with Gasteiger partial charge < -0.3 is 9.31 Å². The Hall–Kier alpha value is -1.41. The van der Waals surface area contributed by atoms with E-state index in [-0.39, 0.29) is 18.0 Å². The van der Waals surface area contributed by atoms with Crippen LogP contribution >= 0.6 is 0 Å². The summed E-state index contributed by atoms with van der Waals surface area (Å²) in [6.07, 6.45) is 0. The third-order valence-electron chi connectivity index (χ3n) is 5.07. The van der Waals surface area contributed by atoms with E-state index in [0.29, 0.717) is 5.47 Å². The van der Waals surface area contributed by atoms with Crippen molar-refractivity contribution in [3.8, 4) is 0 Å². The van der Waals surface area contributed by atoms with Crippen molar-refractivity contribution in [2.45, 2.75) is 57.6 Å². The third-order valence-corrected chi connectivity index (χ3v) is 6.88. The highest BCUT2D eigenvalue weighted by Gasteiger charge is 2.52. The number of rotatable bonds is 7. The Bertz CT molecular complexity index is 812. The summed E-state index contributed by atoms with van der Waals surface area (Å²) in [6.45, 7) is 19.8. The second-order valence-electron chi connectivity index (χ2n) is 8.29. The van der Waals surface area contributed by atoms with Crippen molar-refractivity contribution in [1.29, 1.82) is 0 Å². The first-order chi connectivity index (χ1) is 12.3. The standard InChI is InChI=1S/C20H30BNO4S/c1-15(2)13-22(27(23,24)18-11-9-16(3)10-12-18)14-17(4)21-25-19(5,6)20(7,8)26-21/h9-12H,1,4,13-14H2,2-3,5-8H3. The van der Waals surface area contributed by atoms with Gasteiger partial charge in [-0.25, -0.2) is 8.42 Å². The molecule has 27 heavy (non-hydrogen) atoms. The normalized spacial score (nSPS) is 18.7. The van der Waals surface area contributed by atoms with E-state index in [0.717, 1.165) is 11.1 Å². The molecule has 0 aromatic heterocycles. The van der Waals surface area contributed by atoms with Gasteiger partial charge in [-0.15, -0.1) is 6.58 Å². The lowest BCUT2D eigenvalue weighted by atomic mass is 9.79. The maximum atomic E-state index is 13.1. The van der Waals surface area contributed by atoms with E-state index in [2.05, 4.69) is 13.2 Å². The molecule has 1 aliphatic rings. The Morgan fingerprint density at radius 3 is 1.96 bits per heavy atom. The third kappa shape index (κ3) is 4.72. The first kappa shape index (κ1) is 21.9. The fourth-order valence-corrected chi connectivity index (χ4v) is 4.20. The van der Waals surface area contributed by atoms with Crippen molar-refractivity contribution in [2.75, 3.05) is 13.1 Å². The summed E-state index contributed by atoms with van der Waals surface area (Å²) >= 11 is 0. The molecule has 1 aliphatic heterocycles. The second kappa shape index (κ2) is 7.55. The monoisotopic (exact) mass is 391 g/mol. The number of nitrogens with zero attached hydrogens (tertiary/aromatic N) is 1. The van der Waals surface area contributed by atoms with Gasteiger partial charge in [-0.2, -0.15) is 4.31 Å². The Morgan fingerprint density at radius 1 is 1.04 bits per heavy atom. The fourth-order valence-electron chi connectivity index (χ4n) is 2.70. The van der Waals surface area contributed by atoms with Crippen molar-refractivity contribution in [2.24, 2.45) is 0 Å². The van der Waals surface area contributed by atoms with E-state index >= 15 is 0 Å². The molecule has 0 atom stereocenters. The van der Waals surface area contributed by atoms with Gasteiger partial charge in [0.15, 0.2) is 0 Å². The van der Waals surface area contributed by atoms with Gasteiger partial charge in [0.25, 0.3) is 0 Å². The van der Waals surface area contributed by atoms with Gasteiger partial charge in [-0.05, 0) is 59.1 Å². The van der Waals surface area contributed by atoms with E-state index in [1.807, 2.05) is 34.6 Å². The Labute approximate surface area is 164 Å². The lowest BCUT2D eigenvalue weighted by Gasteiger charge is -2.32. The minimum Gasteiger partial charge on any atom is -0.400 e. The summed E-state index contributed by atoms with van der Waals surface area (Å²) in [5.41, 5.74) is 1.30. The lowest BCUT2D eigenvalue weighted by Crippen LogP contribution is -2.41. The van der Waals surface area contributed by atoms with Crippen LogP contribution in [0.5, 0.6) is 0 Å². The molecule has 7 heteroatoms. The summed E-state index contributed by atoms with van der Waals surface area (Å²) in [5.74, 6) is 0. The fraction of sp³-hybridized carbons (Fsp3) is 0.500. The summed E-state index contributed by atoms with van der Waals surface area (Å²) in [4.78, 5) is 0.246. The van der Waals surface area contributed by atoms with Gasteiger partial charge in [0.2, 0.25) is 10.0 Å². The summed E-state index contributed by atoms with van der Waals surface area (Å²) in [7, 11) is -4.35. The minimum atomic E-state index is -3.69. The molecule has 0 saturated carbocycles. The van der Waals surface area contributed by atoms with Crippen molar-refractivity contribution in [3.05, 3.63) is 54.0 Å². The second-order valence-corrected chi connectivity index (χ2v) is 10.2. The molecule has 1 aromatic carbocycles. The first-order valence-electron chi connectivity index (χ1n) is 9.01. The maximum Gasteiger partial charge on any atom is 0.491 e. The van der Waals surface area contributed by atoms with Gasteiger partial charge in [0, 0.05) is 13.1 Å². The number of sulfonamides is 1. The molecule has 0 bridgehead atoms. The number of benzene rings is 1. The molecular formula is C20H30BNO4S. The molecule has 0 aliphatic carbocycles. The van der Waals surface area contributed by atoms with Crippen LogP contribution in [0, 0.1) is 6.92 Å². The molecule has 1 heterocycles. The Kier molecular flexibility index (Phi) is 6.12. The SMILES string of the molecule is C=C(C)CN(CC(=C)B1OC(C)(C)C(C)(C)O1)S(=O)(=O)c1ccc(C)cc1. The molecule has 0 amide bonds. The number of aryl methyl sites for hydroxylation is 1. The highest BCUT2D eigenvalue weighted by molar-refractivity contribution is 7.89. The van der Waals surface area contributed by atoms with Crippen LogP contribution in [-0.4, -0.2) is 44.1 Å². The van der Waals surface area contributed by atoms with E-state index in [1.54, 1.807) is 31.2 Å². The van der Waals surface area contributed by atoms with Gasteiger partial charge in [0.1, 0.15) is 0 Å². The molecular weight excluding hydrogens is 361 g/mol. The average Bonchev–Trinajstić information content (AvgIpc) is 2.75. The van der Waals surface area contributed by atoms with E-state index in [9.17, 15) is 8.42 Å². The molecule has 0 unspecified atom stereocenters. The van der Waals surface area contributed by atoms with Crippen LogP contribution in [0.4, 0.5) is 0 Å². The van der Waals surface area contributed by atoms with Crippen molar-refractivity contribution < 1.29 is 17.7 Å². The highest BCUT2D eigenvalue weighted by Crippen LogP contribution is 2.38. The zero-order valence-electron chi connectivity index (χ0n) is 17.2. The van der Waals surface area contributed by atoms with Crippen LogP contribution in [0.15, 0.2) is 53.4 Å². The van der Waals surface area contributed by atoms with Gasteiger partial charge >= 0.3 is 7.12 Å². The van der Waals surface area contributed by atoms with E-state index in [1.165, 1.54) is 4.31 Å². The van der Waals surface area contributed by atoms with Crippen molar-refractivity contribution in [1.82, 2.24) is 4.31 Å². The molecule has 1 aromatic rings. The molecule has 0 N–H and O–H groups in total. The Morgan fingerprint density at radius 2 is 1.52 bits per heavy atom. The maximum absolute atomic E-state index is 13.1. The zero-order valence-corrected chi connectivity index (χ0v) is 18.0. The van der Waals surface area contributed by atoms with Crippen LogP contribution in [0.2, 0.25) is 0 Å². The molecule has 2 rings (SSSR count).